The van der Waals surface area contributed by atoms with Crippen molar-refractivity contribution in [1.82, 2.24) is 15.1 Å². The summed E-state index contributed by atoms with van der Waals surface area (Å²) in [5.74, 6) is 0. The lowest BCUT2D eigenvalue weighted by Crippen LogP contribution is -2.39. The Balaban J connectivity index is 2.42. The zero-order valence-electron chi connectivity index (χ0n) is 10.4. The number of hydrogen-bond donors (Lipinski definition) is 1. The first-order valence-electron chi connectivity index (χ1n) is 5.87. The summed E-state index contributed by atoms with van der Waals surface area (Å²) in [6, 6.07) is 0.645. The van der Waals surface area contributed by atoms with E-state index in [4.69, 9.17) is 0 Å². The van der Waals surface area contributed by atoms with Crippen LogP contribution in [0.3, 0.4) is 0 Å². The zero-order valence-corrected chi connectivity index (χ0v) is 10.4. The predicted octanol–water partition coefficient (Wildman–Crippen LogP) is 0.788. The zero-order chi connectivity index (χ0) is 11.3. The second-order valence-electron chi connectivity index (χ2n) is 4.72. The van der Waals surface area contributed by atoms with Crippen molar-refractivity contribution >= 4 is 0 Å². The number of nitrogens with zero attached hydrogens (tertiary/aromatic N) is 2. The maximum atomic E-state index is 4.10. The predicted molar refractivity (Wildman–Crippen MR) is 66.2 cm³/mol. The summed E-state index contributed by atoms with van der Waals surface area (Å²) in [6.45, 7) is 12.0. The van der Waals surface area contributed by atoms with E-state index in [0.29, 0.717) is 6.04 Å². The van der Waals surface area contributed by atoms with Gasteiger partial charge < -0.3 is 10.2 Å². The number of nitrogens with one attached hydrogen (secondary N) is 1. The van der Waals surface area contributed by atoms with Gasteiger partial charge in [0.25, 0.3) is 0 Å². The van der Waals surface area contributed by atoms with Crippen LogP contribution in [0.1, 0.15) is 13.3 Å². The van der Waals surface area contributed by atoms with Gasteiger partial charge in [0.15, 0.2) is 0 Å². The highest BCUT2D eigenvalue weighted by atomic mass is 15.2. The van der Waals surface area contributed by atoms with Gasteiger partial charge in [-0.2, -0.15) is 0 Å². The summed E-state index contributed by atoms with van der Waals surface area (Å²) in [4.78, 5) is 4.97. The Labute approximate surface area is 94.1 Å². The van der Waals surface area contributed by atoms with E-state index in [0.717, 1.165) is 13.1 Å². The molecule has 0 aromatic carbocycles. The molecule has 0 bridgehead atoms. The molecule has 0 amide bonds. The molecule has 1 aliphatic rings. The van der Waals surface area contributed by atoms with Crippen LogP contribution in [0, 0.1) is 0 Å². The van der Waals surface area contributed by atoms with Crippen LogP contribution in [0.15, 0.2) is 12.2 Å². The molecule has 0 spiro atoms. The second-order valence-corrected chi connectivity index (χ2v) is 4.72. The van der Waals surface area contributed by atoms with Gasteiger partial charge in [-0.3, -0.25) is 4.90 Å². The molecule has 3 heteroatoms. The Bertz CT molecular complexity index is 203. The van der Waals surface area contributed by atoms with E-state index in [9.17, 15) is 0 Å². The Morgan fingerprint density at radius 2 is 2.20 bits per heavy atom. The molecule has 0 saturated carbocycles. The summed E-state index contributed by atoms with van der Waals surface area (Å²) >= 11 is 0. The summed E-state index contributed by atoms with van der Waals surface area (Å²) in [7, 11) is 4.19. The van der Waals surface area contributed by atoms with Crippen LogP contribution >= 0.6 is 0 Å². The molecule has 88 valence electrons. The molecule has 1 aliphatic heterocycles. The minimum atomic E-state index is 0.645. The number of likely N-dealkylation sites (N-methyl/N-ethyl adjacent to an activating group) is 2. The molecule has 1 fully saturated rings. The van der Waals surface area contributed by atoms with Gasteiger partial charge >= 0.3 is 0 Å². The van der Waals surface area contributed by atoms with E-state index in [2.05, 4.69) is 35.7 Å². The Morgan fingerprint density at radius 1 is 1.47 bits per heavy atom. The Hall–Kier alpha value is -0.380. The third kappa shape index (κ3) is 4.33. The molecule has 1 atom stereocenters. The van der Waals surface area contributed by atoms with Gasteiger partial charge in [-0.1, -0.05) is 6.58 Å². The van der Waals surface area contributed by atoms with Gasteiger partial charge in [-0.15, -0.1) is 0 Å². The van der Waals surface area contributed by atoms with E-state index < -0.39 is 0 Å². The first-order chi connectivity index (χ1) is 7.13. The third-order valence-electron chi connectivity index (χ3n) is 3.04. The molecule has 0 aromatic rings. The molecule has 1 rings (SSSR count). The quantitative estimate of drug-likeness (QED) is 0.694. The van der Waals surface area contributed by atoms with Gasteiger partial charge in [0.1, 0.15) is 0 Å². The minimum absolute atomic E-state index is 0.645. The number of hydrogen-bond acceptors (Lipinski definition) is 3. The van der Waals surface area contributed by atoms with Crippen molar-refractivity contribution in [3.63, 3.8) is 0 Å². The Kier molecular flexibility index (Phi) is 5.29. The molecule has 0 aliphatic carbocycles. The maximum absolute atomic E-state index is 4.10. The molecule has 1 saturated heterocycles. The fraction of sp³-hybridized carbons (Fsp3) is 0.833. The van der Waals surface area contributed by atoms with E-state index in [1.165, 1.54) is 31.6 Å². The fourth-order valence-corrected chi connectivity index (χ4v) is 2.25. The number of rotatable bonds is 4. The highest BCUT2D eigenvalue weighted by molar-refractivity contribution is 5.00. The average Bonchev–Trinajstić information content (AvgIpc) is 2.29. The molecular formula is C12H25N3. The standard InChI is InChI=1S/C12H25N3/c1-11(8-13-3)9-15-7-5-6-14(4)10-12(15)2/h12-13H,1,5-10H2,2-4H3. The van der Waals surface area contributed by atoms with Crippen LogP contribution in [0.2, 0.25) is 0 Å². The molecule has 1 N–H and O–H groups in total. The van der Waals surface area contributed by atoms with Crippen molar-refractivity contribution in [2.45, 2.75) is 19.4 Å². The summed E-state index contributed by atoms with van der Waals surface area (Å²) in [5.41, 5.74) is 1.29. The van der Waals surface area contributed by atoms with Crippen LogP contribution < -0.4 is 5.32 Å². The largest absolute Gasteiger partial charge is 0.316 e. The van der Waals surface area contributed by atoms with Crippen molar-refractivity contribution in [1.29, 1.82) is 0 Å². The molecule has 1 unspecified atom stereocenters. The SMILES string of the molecule is C=C(CNC)CN1CCCN(C)CC1C. The second kappa shape index (κ2) is 6.26. The molecule has 15 heavy (non-hydrogen) atoms. The molecular weight excluding hydrogens is 186 g/mol. The maximum Gasteiger partial charge on any atom is 0.0206 e. The van der Waals surface area contributed by atoms with Crippen LogP contribution in [0.4, 0.5) is 0 Å². The topological polar surface area (TPSA) is 18.5 Å². The lowest BCUT2D eigenvalue weighted by Gasteiger charge is -2.28. The van der Waals surface area contributed by atoms with Gasteiger partial charge in [0, 0.05) is 32.2 Å². The van der Waals surface area contributed by atoms with Crippen LogP contribution in [0.5, 0.6) is 0 Å². The highest BCUT2D eigenvalue weighted by Crippen LogP contribution is 2.09. The molecule has 1 heterocycles. The Morgan fingerprint density at radius 3 is 2.87 bits per heavy atom. The van der Waals surface area contributed by atoms with Crippen molar-refractivity contribution < 1.29 is 0 Å². The summed E-state index contributed by atoms with van der Waals surface area (Å²) in [6.07, 6.45) is 1.27. The van der Waals surface area contributed by atoms with Crippen molar-refractivity contribution in [3.05, 3.63) is 12.2 Å². The minimum Gasteiger partial charge on any atom is -0.316 e. The highest BCUT2D eigenvalue weighted by Gasteiger charge is 2.19. The van der Waals surface area contributed by atoms with E-state index >= 15 is 0 Å². The summed E-state index contributed by atoms with van der Waals surface area (Å²) in [5, 5.41) is 3.16. The molecule has 0 aromatic heterocycles. The smallest absolute Gasteiger partial charge is 0.0206 e. The van der Waals surface area contributed by atoms with E-state index in [-0.39, 0.29) is 0 Å². The first-order valence-corrected chi connectivity index (χ1v) is 5.87. The van der Waals surface area contributed by atoms with Crippen molar-refractivity contribution in [3.8, 4) is 0 Å². The van der Waals surface area contributed by atoms with Gasteiger partial charge in [0.05, 0.1) is 0 Å². The van der Waals surface area contributed by atoms with E-state index in [1.807, 2.05) is 7.05 Å². The van der Waals surface area contributed by atoms with Crippen LogP contribution in [0.25, 0.3) is 0 Å². The van der Waals surface area contributed by atoms with E-state index in [1.54, 1.807) is 0 Å². The van der Waals surface area contributed by atoms with Crippen molar-refractivity contribution in [2.24, 2.45) is 0 Å². The van der Waals surface area contributed by atoms with Gasteiger partial charge in [-0.05, 0) is 39.6 Å². The lowest BCUT2D eigenvalue weighted by molar-refractivity contribution is 0.216. The summed E-state index contributed by atoms with van der Waals surface area (Å²) < 4.78 is 0. The van der Waals surface area contributed by atoms with Crippen molar-refractivity contribution in [2.75, 3.05) is 46.8 Å². The third-order valence-corrected chi connectivity index (χ3v) is 3.04. The monoisotopic (exact) mass is 211 g/mol. The first kappa shape index (κ1) is 12.7. The van der Waals surface area contributed by atoms with Gasteiger partial charge in [-0.25, -0.2) is 0 Å². The lowest BCUT2D eigenvalue weighted by atomic mass is 10.2. The molecule has 0 radical (unpaired) electrons. The normalized spacial score (nSPS) is 25.1. The van der Waals surface area contributed by atoms with Gasteiger partial charge in [0.2, 0.25) is 0 Å². The van der Waals surface area contributed by atoms with Crippen LogP contribution in [-0.4, -0.2) is 62.7 Å². The average molecular weight is 211 g/mol. The van der Waals surface area contributed by atoms with Crippen LogP contribution in [-0.2, 0) is 0 Å². The fourth-order valence-electron chi connectivity index (χ4n) is 2.25. The molecule has 3 nitrogen and oxygen atoms in total.